The van der Waals surface area contributed by atoms with Gasteiger partial charge in [0.1, 0.15) is 11.9 Å². The Morgan fingerprint density at radius 1 is 1.75 bits per heavy atom. The summed E-state index contributed by atoms with van der Waals surface area (Å²) >= 11 is -2.23. The van der Waals surface area contributed by atoms with Gasteiger partial charge in [-0.3, -0.25) is 0 Å². The van der Waals surface area contributed by atoms with Gasteiger partial charge >= 0.3 is 0 Å². The van der Waals surface area contributed by atoms with Gasteiger partial charge in [0.05, 0.1) is 6.61 Å². The molecule has 0 bridgehead atoms. The zero-order valence-corrected chi connectivity index (χ0v) is 4.90. The van der Waals surface area contributed by atoms with Crippen molar-refractivity contribution >= 4 is 11.1 Å². The fourth-order valence-electron chi connectivity index (χ4n) is 0.166. The molecule has 0 amide bonds. The third-order valence-corrected chi connectivity index (χ3v) is 1.51. The number of halogens is 1. The van der Waals surface area contributed by atoms with Crippen LogP contribution in [0, 0.1) is 0 Å². The van der Waals surface area contributed by atoms with Gasteiger partial charge in [0.15, 0.2) is 11.1 Å². The molecule has 5 heteroatoms. The SMILES string of the molecule is O=S(O)[C@@H](CO)CF. The Hall–Kier alpha value is -0.0000000000000000555. The fourth-order valence-corrected chi connectivity index (χ4v) is 0.402. The summed E-state index contributed by atoms with van der Waals surface area (Å²) in [5.74, 6) is 0. The van der Waals surface area contributed by atoms with Gasteiger partial charge in [-0.25, -0.2) is 8.60 Å². The maximum absolute atomic E-state index is 11.4. The van der Waals surface area contributed by atoms with Crippen LogP contribution >= 0.6 is 0 Å². The first-order chi connectivity index (χ1) is 3.72. The highest BCUT2D eigenvalue weighted by atomic mass is 32.2. The minimum Gasteiger partial charge on any atom is -0.395 e. The highest BCUT2D eigenvalue weighted by Crippen LogP contribution is 1.91. The predicted octanol–water partition coefficient (Wildman–Crippen LogP) is -0.462. The molecular weight excluding hydrogens is 135 g/mol. The lowest BCUT2D eigenvalue weighted by molar-refractivity contribution is 0.269. The lowest BCUT2D eigenvalue weighted by Crippen LogP contribution is -2.20. The van der Waals surface area contributed by atoms with E-state index in [1.54, 1.807) is 0 Å². The van der Waals surface area contributed by atoms with Gasteiger partial charge in [0.25, 0.3) is 0 Å². The van der Waals surface area contributed by atoms with Gasteiger partial charge in [-0.2, -0.15) is 0 Å². The number of hydrogen-bond donors (Lipinski definition) is 2. The van der Waals surface area contributed by atoms with E-state index in [4.69, 9.17) is 9.66 Å². The Bertz CT molecular complexity index is 82.6. The van der Waals surface area contributed by atoms with Crippen molar-refractivity contribution in [3.63, 3.8) is 0 Å². The maximum atomic E-state index is 11.4. The fraction of sp³-hybridized carbons (Fsp3) is 1.00. The molecule has 0 aromatic heterocycles. The van der Waals surface area contributed by atoms with Crippen LogP contribution < -0.4 is 0 Å². The Morgan fingerprint density at radius 3 is 2.25 bits per heavy atom. The van der Waals surface area contributed by atoms with E-state index >= 15 is 0 Å². The third-order valence-electron chi connectivity index (χ3n) is 0.661. The van der Waals surface area contributed by atoms with Gasteiger partial charge in [0, 0.05) is 0 Å². The second-order valence-corrected chi connectivity index (χ2v) is 2.45. The molecule has 0 rings (SSSR count). The molecule has 0 aliphatic rings. The van der Waals surface area contributed by atoms with E-state index in [1.807, 2.05) is 0 Å². The number of aliphatic hydroxyl groups is 1. The van der Waals surface area contributed by atoms with Gasteiger partial charge in [-0.1, -0.05) is 0 Å². The lowest BCUT2D eigenvalue weighted by atomic mass is 10.5. The molecule has 0 aromatic rings. The van der Waals surface area contributed by atoms with Crippen molar-refractivity contribution in [3.05, 3.63) is 0 Å². The van der Waals surface area contributed by atoms with E-state index in [-0.39, 0.29) is 0 Å². The van der Waals surface area contributed by atoms with Gasteiger partial charge in [-0.15, -0.1) is 0 Å². The summed E-state index contributed by atoms with van der Waals surface area (Å²) in [6.45, 7) is -1.54. The Morgan fingerprint density at radius 2 is 2.25 bits per heavy atom. The van der Waals surface area contributed by atoms with Crippen LogP contribution in [0.5, 0.6) is 0 Å². The van der Waals surface area contributed by atoms with Crippen molar-refractivity contribution in [2.75, 3.05) is 13.3 Å². The molecular formula is C3H7FO3S. The summed E-state index contributed by atoms with van der Waals surface area (Å²) in [5.41, 5.74) is 0. The van der Waals surface area contributed by atoms with Crippen LogP contribution in [-0.2, 0) is 11.1 Å². The predicted molar refractivity (Wildman–Crippen MR) is 27.6 cm³/mol. The Kier molecular flexibility index (Phi) is 3.94. The molecule has 0 saturated carbocycles. The van der Waals surface area contributed by atoms with Crippen molar-refractivity contribution in [2.45, 2.75) is 5.25 Å². The van der Waals surface area contributed by atoms with Crippen molar-refractivity contribution < 1.29 is 18.3 Å². The Balaban J connectivity index is 3.52. The van der Waals surface area contributed by atoms with Crippen LogP contribution in [-0.4, -0.2) is 32.4 Å². The van der Waals surface area contributed by atoms with Crippen LogP contribution in [0.2, 0.25) is 0 Å². The molecule has 50 valence electrons. The normalized spacial score (nSPS) is 17.9. The van der Waals surface area contributed by atoms with Gasteiger partial charge < -0.3 is 9.66 Å². The second kappa shape index (κ2) is 3.94. The molecule has 0 aromatic carbocycles. The number of rotatable bonds is 3. The van der Waals surface area contributed by atoms with Crippen molar-refractivity contribution in [1.29, 1.82) is 0 Å². The third kappa shape index (κ3) is 2.34. The largest absolute Gasteiger partial charge is 0.395 e. The van der Waals surface area contributed by atoms with Crippen LogP contribution in [0.15, 0.2) is 0 Å². The van der Waals surface area contributed by atoms with E-state index in [2.05, 4.69) is 0 Å². The zero-order valence-electron chi connectivity index (χ0n) is 4.08. The molecule has 0 radical (unpaired) electrons. The molecule has 0 spiro atoms. The molecule has 2 atom stereocenters. The average Bonchev–Trinajstić information content (AvgIpc) is 1.69. The van der Waals surface area contributed by atoms with Crippen LogP contribution in [0.3, 0.4) is 0 Å². The van der Waals surface area contributed by atoms with E-state index in [0.717, 1.165) is 0 Å². The molecule has 2 N–H and O–H groups in total. The maximum Gasteiger partial charge on any atom is 0.161 e. The summed E-state index contributed by atoms with van der Waals surface area (Å²) in [7, 11) is 0. The summed E-state index contributed by atoms with van der Waals surface area (Å²) < 4.78 is 29.4. The van der Waals surface area contributed by atoms with Gasteiger partial charge in [-0.05, 0) is 0 Å². The summed E-state index contributed by atoms with van der Waals surface area (Å²) in [4.78, 5) is 0. The van der Waals surface area contributed by atoms with Crippen molar-refractivity contribution in [3.8, 4) is 0 Å². The molecule has 8 heavy (non-hydrogen) atoms. The van der Waals surface area contributed by atoms with Crippen LogP contribution in [0.25, 0.3) is 0 Å². The molecule has 0 fully saturated rings. The van der Waals surface area contributed by atoms with Gasteiger partial charge in [0.2, 0.25) is 0 Å². The number of aliphatic hydroxyl groups excluding tert-OH is 1. The smallest absolute Gasteiger partial charge is 0.161 e. The zero-order chi connectivity index (χ0) is 6.57. The molecule has 0 heterocycles. The lowest BCUT2D eigenvalue weighted by Gasteiger charge is -2.00. The van der Waals surface area contributed by atoms with E-state index in [0.29, 0.717) is 0 Å². The quantitative estimate of drug-likeness (QED) is 0.524. The molecule has 0 aliphatic heterocycles. The van der Waals surface area contributed by atoms with Crippen LogP contribution in [0.4, 0.5) is 4.39 Å². The first-order valence-corrected chi connectivity index (χ1v) is 3.15. The average molecular weight is 142 g/mol. The molecule has 3 nitrogen and oxygen atoms in total. The number of alkyl halides is 1. The summed E-state index contributed by atoms with van der Waals surface area (Å²) in [6.07, 6.45) is 0. The van der Waals surface area contributed by atoms with Crippen molar-refractivity contribution in [1.82, 2.24) is 0 Å². The minimum absolute atomic E-state index is 0.584. The topological polar surface area (TPSA) is 57.5 Å². The highest BCUT2D eigenvalue weighted by Gasteiger charge is 2.11. The second-order valence-electron chi connectivity index (χ2n) is 1.24. The Labute approximate surface area is 48.8 Å². The van der Waals surface area contributed by atoms with Crippen LogP contribution in [0.1, 0.15) is 0 Å². The van der Waals surface area contributed by atoms with E-state index in [1.165, 1.54) is 0 Å². The van der Waals surface area contributed by atoms with E-state index in [9.17, 15) is 8.60 Å². The summed E-state index contributed by atoms with van der Waals surface area (Å²) in [5, 5.41) is 6.97. The van der Waals surface area contributed by atoms with E-state index < -0.39 is 29.6 Å². The minimum atomic E-state index is -2.23. The first kappa shape index (κ1) is 8.00. The number of hydrogen-bond acceptors (Lipinski definition) is 2. The first-order valence-electron chi connectivity index (χ1n) is 1.98. The van der Waals surface area contributed by atoms with Crippen molar-refractivity contribution in [2.24, 2.45) is 0 Å². The monoisotopic (exact) mass is 142 g/mol. The molecule has 1 unspecified atom stereocenters. The molecule has 0 saturated heterocycles. The summed E-state index contributed by atoms with van der Waals surface area (Å²) in [6, 6.07) is 0. The highest BCUT2D eigenvalue weighted by molar-refractivity contribution is 7.79. The molecule has 0 aliphatic carbocycles. The standard InChI is InChI=1S/C3H7FO3S/c4-1-3(2-5)8(6)7/h3,5H,1-2H2,(H,6,7)/t3-/m1/s1.